The smallest absolute Gasteiger partial charge is 0.240 e. The van der Waals surface area contributed by atoms with Gasteiger partial charge in [-0.25, -0.2) is 9.37 Å². The maximum Gasteiger partial charge on any atom is 0.240 e. The summed E-state index contributed by atoms with van der Waals surface area (Å²) in [6, 6.07) is 5.46. The summed E-state index contributed by atoms with van der Waals surface area (Å²) in [4.78, 5) is 27.9. The summed E-state index contributed by atoms with van der Waals surface area (Å²) in [5.74, 6) is -0.798. The molecule has 134 valence electrons. The lowest BCUT2D eigenvalue weighted by molar-refractivity contribution is -0.121. The number of benzene rings is 1. The van der Waals surface area contributed by atoms with E-state index in [0.717, 1.165) is 11.8 Å². The number of aliphatic hydroxyl groups excluding tert-OH is 1. The molecule has 0 saturated carbocycles. The van der Waals surface area contributed by atoms with Crippen molar-refractivity contribution in [2.75, 3.05) is 17.6 Å². The third-order valence-electron chi connectivity index (χ3n) is 3.20. The average Bonchev–Trinajstić information content (AvgIpc) is 2.97. The van der Waals surface area contributed by atoms with Gasteiger partial charge in [-0.3, -0.25) is 9.59 Å². The molecule has 0 unspecified atom stereocenters. The van der Waals surface area contributed by atoms with Gasteiger partial charge in [-0.1, -0.05) is 11.8 Å². The van der Waals surface area contributed by atoms with E-state index in [0.29, 0.717) is 23.1 Å². The number of hydrogen-bond donors (Lipinski definition) is 3. The zero-order chi connectivity index (χ0) is 18.2. The fraction of sp³-hybridized carbons (Fsp3) is 0.312. The van der Waals surface area contributed by atoms with Crippen LogP contribution in [0.5, 0.6) is 0 Å². The van der Waals surface area contributed by atoms with Crippen LogP contribution in [0.1, 0.15) is 12.6 Å². The molecular weight excluding hydrogens is 347 g/mol. The Labute approximate surface area is 148 Å². The first-order valence-corrected chi connectivity index (χ1v) is 8.62. The number of anilines is 1. The second kappa shape index (κ2) is 9.19. The van der Waals surface area contributed by atoms with Crippen LogP contribution in [0.4, 0.5) is 10.1 Å². The van der Waals surface area contributed by atoms with E-state index in [-0.39, 0.29) is 36.5 Å². The monoisotopic (exact) mass is 366 g/mol. The molecule has 0 fully saturated rings. The Bertz CT molecular complexity index is 733. The highest BCUT2D eigenvalue weighted by Gasteiger charge is 2.14. The molecule has 2 amide bonds. The van der Waals surface area contributed by atoms with E-state index in [4.69, 9.17) is 0 Å². The number of aliphatic hydroxyl groups is 1. The van der Waals surface area contributed by atoms with Gasteiger partial charge in [0.15, 0.2) is 5.16 Å². The number of halogens is 1. The topological polar surface area (TPSA) is 96.2 Å². The Hall–Kier alpha value is -2.39. The molecule has 2 rings (SSSR count). The highest BCUT2D eigenvalue weighted by molar-refractivity contribution is 7.99. The molecule has 0 spiro atoms. The summed E-state index contributed by atoms with van der Waals surface area (Å²) in [6.45, 7) is 2.08. The molecular formula is C16H19FN4O3S. The molecule has 7 nitrogen and oxygen atoms in total. The molecule has 2 aromatic rings. The molecule has 1 aromatic heterocycles. The van der Waals surface area contributed by atoms with E-state index >= 15 is 0 Å². The van der Waals surface area contributed by atoms with E-state index in [9.17, 15) is 19.1 Å². The fourth-order valence-corrected chi connectivity index (χ4v) is 2.86. The van der Waals surface area contributed by atoms with Gasteiger partial charge in [0.05, 0.1) is 24.3 Å². The molecule has 0 bridgehead atoms. The van der Waals surface area contributed by atoms with Gasteiger partial charge in [-0.05, 0) is 31.2 Å². The number of likely N-dealkylation sites (N-methyl/N-ethyl adjacent to an activating group) is 1. The summed E-state index contributed by atoms with van der Waals surface area (Å²) in [5.41, 5.74) is 0.987. The number of amides is 2. The minimum atomic E-state index is -0.378. The first-order valence-electron chi connectivity index (χ1n) is 7.63. The second-order valence-electron chi connectivity index (χ2n) is 5.07. The molecule has 3 N–H and O–H groups in total. The molecule has 0 radical (unpaired) electrons. The Balaban J connectivity index is 1.97. The zero-order valence-electron chi connectivity index (χ0n) is 13.7. The minimum Gasteiger partial charge on any atom is -0.390 e. The Morgan fingerprint density at radius 1 is 1.28 bits per heavy atom. The number of hydrogen-bond acceptors (Lipinski definition) is 5. The average molecular weight is 366 g/mol. The highest BCUT2D eigenvalue weighted by atomic mass is 32.2. The number of rotatable bonds is 8. The molecule has 0 aliphatic carbocycles. The van der Waals surface area contributed by atoms with Crippen LogP contribution in [0.25, 0.3) is 0 Å². The molecule has 1 heterocycles. The summed E-state index contributed by atoms with van der Waals surface area (Å²) < 4.78 is 14.4. The number of nitrogens with one attached hydrogen (secondary N) is 2. The number of imidazole rings is 1. The predicted octanol–water partition coefficient (Wildman–Crippen LogP) is 1.38. The quantitative estimate of drug-likeness (QED) is 0.614. The van der Waals surface area contributed by atoms with E-state index in [1.807, 2.05) is 6.92 Å². The van der Waals surface area contributed by atoms with Crippen molar-refractivity contribution in [1.29, 1.82) is 0 Å². The normalized spacial score (nSPS) is 10.5. The lowest BCUT2D eigenvalue weighted by atomic mass is 10.3. The van der Waals surface area contributed by atoms with Gasteiger partial charge in [0, 0.05) is 12.2 Å². The lowest BCUT2D eigenvalue weighted by Crippen LogP contribution is -2.28. The minimum absolute atomic E-state index is 0.0195. The molecule has 1 aromatic carbocycles. The van der Waals surface area contributed by atoms with Gasteiger partial charge in [-0.2, -0.15) is 0 Å². The number of aromatic nitrogens is 2. The number of thioether (sulfide) groups is 1. The van der Waals surface area contributed by atoms with Crippen molar-refractivity contribution in [2.45, 2.75) is 25.2 Å². The molecule has 25 heavy (non-hydrogen) atoms. The van der Waals surface area contributed by atoms with Crippen molar-refractivity contribution in [1.82, 2.24) is 14.9 Å². The van der Waals surface area contributed by atoms with Crippen LogP contribution in [0.15, 0.2) is 35.6 Å². The first kappa shape index (κ1) is 18.9. The standard InChI is InChI=1S/C16H19FN4O3S/c1-2-18-14(23)8-21-13(9-22)7-19-16(21)25-10-15(24)20-12-5-3-11(17)4-6-12/h3-7,22H,2,8-10H2,1H3,(H,18,23)(H,20,24). The van der Waals surface area contributed by atoms with E-state index in [1.165, 1.54) is 30.5 Å². The van der Waals surface area contributed by atoms with Gasteiger partial charge in [-0.15, -0.1) is 0 Å². The molecule has 0 aliphatic rings. The summed E-state index contributed by atoms with van der Waals surface area (Å²) in [6.07, 6.45) is 1.47. The van der Waals surface area contributed by atoms with Crippen molar-refractivity contribution < 1.29 is 19.1 Å². The van der Waals surface area contributed by atoms with Gasteiger partial charge in [0.2, 0.25) is 11.8 Å². The van der Waals surface area contributed by atoms with Crippen LogP contribution in [-0.2, 0) is 22.7 Å². The molecule has 0 saturated heterocycles. The van der Waals surface area contributed by atoms with Gasteiger partial charge in [0.25, 0.3) is 0 Å². The molecule has 0 aliphatic heterocycles. The first-order chi connectivity index (χ1) is 12.0. The van der Waals surface area contributed by atoms with Crippen molar-refractivity contribution >= 4 is 29.3 Å². The maximum atomic E-state index is 12.9. The number of carbonyl (C=O) groups excluding carboxylic acids is 2. The van der Waals surface area contributed by atoms with Gasteiger partial charge >= 0.3 is 0 Å². The lowest BCUT2D eigenvalue weighted by Gasteiger charge is -2.10. The SMILES string of the molecule is CCNC(=O)Cn1c(CO)cnc1SCC(=O)Nc1ccc(F)cc1. The van der Waals surface area contributed by atoms with Crippen molar-refractivity contribution in [3.63, 3.8) is 0 Å². The predicted molar refractivity (Wildman–Crippen MR) is 92.6 cm³/mol. The number of carbonyl (C=O) groups is 2. The number of nitrogens with zero attached hydrogens (tertiary/aromatic N) is 2. The Morgan fingerprint density at radius 2 is 2.00 bits per heavy atom. The summed E-state index contributed by atoms with van der Waals surface area (Å²) in [5, 5.41) is 15.1. The third-order valence-corrected chi connectivity index (χ3v) is 4.19. The van der Waals surface area contributed by atoms with Crippen molar-refractivity contribution in [3.05, 3.63) is 42.0 Å². The summed E-state index contributed by atoms with van der Waals surface area (Å²) >= 11 is 1.15. The van der Waals surface area contributed by atoms with Crippen LogP contribution in [0, 0.1) is 5.82 Å². The Morgan fingerprint density at radius 3 is 2.64 bits per heavy atom. The fourth-order valence-electron chi connectivity index (χ4n) is 2.06. The van der Waals surface area contributed by atoms with Crippen LogP contribution in [0.3, 0.4) is 0 Å². The second-order valence-corrected chi connectivity index (χ2v) is 6.02. The van der Waals surface area contributed by atoms with Crippen LogP contribution in [0.2, 0.25) is 0 Å². The van der Waals surface area contributed by atoms with Crippen LogP contribution < -0.4 is 10.6 Å². The van der Waals surface area contributed by atoms with Crippen molar-refractivity contribution in [3.8, 4) is 0 Å². The summed E-state index contributed by atoms with van der Waals surface area (Å²) in [7, 11) is 0. The zero-order valence-corrected chi connectivity index (χ0v) is 14.5. The van der Waals surface area contributed by atoms with Crippen molar-refractivity contribution in [2.24, 2.45) is 0 Å². The Kier molecular flexibility index (Phi) is 6.96. The van der Waals surface area contributed by atoms with Gasteiger partial charge in [0.1, 0.15) is 12.4 Å². The highest BCUT2D eigenvalue weighted by Crippen LogP contribution is 2.19. The van der Waals surface area contributed by atoms with E-state index < -0.39 is 0 Å². The van der Waals surface area contributed by atoms with E-state index in [2.05, 4.69) is 15.6 Å². The van der Waals surface area contributed by atoms with Crippen LogP contribution >= 0.6 is 11.8 Å². The third kappa shape index (κ3) is 5.57. The van der Waals surface area contributed by atoms with Gasteiger partial charge < -0.3 is 20.3 Å². The largest absolute Gasteiger partial charge is 0.390 e. The molecule has 9 heteroatoms. The maximum absolute atomic E-state index is 12.9. The van der Waals surface area contributed by atoms with E-state index in [1.54, 1.807) is 4.57 Å². The molecule has 0 atom stereocenters. The van der Waals surface area contributed by atoms with Crippen LogP contribution in [-0.4, -0.2) is 38.8 Å².